The van der Waals surface area contributed by atoms with Crippen LogP contribution in [0.25, 0.3) is 0 Å². The molecule has 0 saturated heterocycles. The molecule has 1 unspecified atom stereocenters. The van der Waals surface area contributed by atoms with Gasteiger partial charge < -0.3 is 4.74 Å². The summed E-state index contributed by atoms with van der Waals surface area (Å²) in [4.78, 5) is 15.7. The average molecular weight is 274 g/mol. The van der Waals surface area contributed by atoms with Crippen LogP contribution < -0.4 is 10.2 Å². The van der Waals surface area contributed by atoms with Gasteiger partial charge in [0.15, 0.2) is 6.10 Å². The Hall–Kier alpha value is -1.07. The van der Waals surface area contributed by atoms with E-state index in [0.717, 1.165) is 4.47 Å². The molecule has 0 heterocycles. The maximum Gasteiger partial charge on any atom is 0.284 e. The molecule has 5 heteroatoms. The first-order chi connectivity index (χ1) is 7.13. The van der Waals surface area contributed by atoms with Crippen LogP contribution >= 0.6 is 15.9 Å². The zero-order valence-electron chi connectivity index (χ0n) is 8.49. The van der Waals surface area contributed by atoms with Gasteiger partial charge in [-0.15, -0.1) is 0 Å². The van der Waals surface area contributed by atoms with Crippen LogP contribution in [0.5, 0.6) is 5.75 Å². The molecule has 1 aromatic carbocycles. The number of hydrogen-bond acceptors (Lipinski definition) is 3. The van der Waals surface area contributed by atoms with E-state index in [0.29, 0.717) is 5.75 Å². The molecule has 0 aliphatic rings. The lowest BCUT2D eigenvalue weighted by molar-refractivity contribution is -0.137. The molecule has 82 valence electrons. The molecule has 0 bridgehead atoms. The number of amides is 1. The zero-order valence-corrected chi connectivity index (χ0v) is 10.1. The summed E-state index contributed by atoms with van der Waals surface area (Å²) >= 11 is 3.31. The highest BCUT2D eigenvalue weighted by atomic mass is 79.9. The summed E-state index contributed by atoms with van der Waals surface area (Å²) in [7, 11) is 1.38. The van der Waals surface area contributed by atoms with Crippen LogP contribution in [0.4, 0.5) is 0 Å². The lowest BCUT2D eigenvalue weighted by Gasteiger charge is -2.13. The Kier molecular flexibility index (Phi) is 4.58. The van der Waals surface area contributed by atoms with Gasteiger partial charge in [-0.05, 0) is 31.2 Å². The van der Waals surface area contributed by atoms with Crippen molar-refractivity contribution < 1.29 is 14.4 Å². The van der Waals surface area contributed by atoms with Crippen molar-refractivity contribution in [3.05, 3.63) is 28.7 Å². The topological polar surface area (TPSA) is 47.6 Å². The molecule has 0 aromatic heterocycles. The minimum Gasteiger partial charge on any atom is -0.481 e. The minimum absolute atomic E-state index is 0.319. The summed E-state index contributed by atoms with van der Waals surface area (Å²) < 4.78 is 6.33. The fourth-order valence-electron chi connectivity index (χ4n) is 0.954. The Morgan fingerprint density at radius 3 is 2.53 bits per heavy atom. The first-order valence-corrected chi connectivity index (χ1v) is 5.18. The van der Waals surface area contributed by atoms with Crippen molar-refractivity contribution in [1.82, 2.24) is 5.48 Å². The average Bonchev–Trinajstić information content (AvgIpc) is 2.22. The fourth-order valence-corrected chi connectivity index (χ4v) is 1.22. The van der Waals surface area contributed by atoms with E-state index in [1.54, 1.807) is 19.1 Å². The van der Waals surface area contributed by atoms with Crippen LogP contribution in [0.2, 0.25) is 0 Å². The second-order valence-corrected chi connectivity index (χ2v) is 3.80. The molecule has 15 heavy (non-hydrogen) atoms. The van der Waals surface area contributed by atoms with Crippen LogP contribution in [-0.2, 0) is 9.63 Å². The number of hydrogen-bond donors (Lipinski definition) is 1. The largest absolute Gasteiger partial charge is 0.481 e. The number of hydroxylamine groups is 1. The molecule has 1 aromatic rings. The second kappa shape index (κ2) is 5.72. The molecule has 0 saturated carbocycles. The predicted octanol–water partition coefficient (Wildman–Crippen LogP) is 1.89. The first kappa shape index (κ1) is 12.0. The van der Waals surface area contributed by atoms with Crippen LogP contribution in [-0.4, -0.2) is 19.1 Å². The van der Waals surface area contributed by atoms with Crippen LogP contribution in [0.1, 0.15) is 6.92 Å². The van der Waals surface area contributed by atoms with Gasteiger partial charge in [0.1, 0.15) is 5.75 Å². The smallest absolute Gasteiger partial charge is 0.284 e. The summed E-state index contributed by atoms with van der Waals surface area (Å²) in [5, 5.41) is 0. The number of ether oxygens (including phenoxy) is 1. The Balaban J connectivity index is 2.54. The van der Waals surface area contributed by atoms with Gasteiger partial charge in [0.25, 0.3) is 5.91 Å². The van der Waals surface area contributed by atoms with Crippen molar-refractivity contribution in [3.63, 3.8) is 0 Å². The molecule has 1 N–H and O–H groups in total. The van der Waals surface area contributed by atoms with Crippen LogP contribution in [0.3, 0.4) is 0 Å². The van der Waals surface area contributed by atoms with E-state index >= 15 is 0 Å². The second-order valence-electron chi connectivity index (χ2n) is 2.88. The molecular formula is C10H12BrNO3. The van der Waals surface area contributed by atoms with Crippen molar-refractivity contribution in [1.29, 1.82) is 0 Å². The van der Waals surface area contributed by atoms with Gasteiger partial charge in [0, 0.05) is 4.47 Å². The molecule has 0 radical (unpaired) electrons. The number of carbonyl (C=O) groups is 1. The monoisotopic (exact) mass is 273 g/mol. The number of benzene rings is 1. The van der Waals surface area contributed by atoms with Crippen molar-refractivity contribution in [2.45, 2.75) is 13.0 Å². The molecular weight excluding hydrogens is 262 g/mol. The van der Waals surface area contributed by atoms with Crippen molar-refractivity contribution >= 4 is 21.8 Å². The molecule has 1 rings (SSSR count). The van der Waals surface area contributed by atoms with Crippen LogP contribution in [0, 0.1) is 0 Å². The summed E-state index contributed by atoms with van der Waals surface area (Å²) in [6.07, 6.45) is -0.592. The SMILES string of the molecule is CONC(=O)C(C)Oc1ccc(Br)cc1. The van der Waals surface area contributed by atoms with Gasteiger partial charge in [-0.2, -0.15) is 0 Å². The molecule has 0 aliphatic heterocycles. The minimum atomic E-state index is -0.592. The summed E-state index contributed by atoms with van der Waals surface area (Å²) in [6, 6.07) is 7.24. The zero-order chi connectivity index (χ0) is 11.3. The number of nitrogens with one attached hydrogen (secondary N) is 1. The van der Waals surface area contributed by atoms with E-state index in [-0.39, 0.29) is 5.91 Å². The third kappa shape index (κ3) is 3.89. The van der Waals surface area contributed by atoms with E-state index in [4.69, 9.17) is 4.74 Å². The third-order valence-electron chi connectivity index (χ3n) is 1.70. The van der Waals surface area contributed by atoms with Gasteiger partial charge in [-0.25, -0.2) is 5.48 Å². The maximum absolute atomic E-state index is 11.2. The Labute approximate surface area is 96.7 Å². The van der Waals surface area contributed by atoms with Crippen molar-refractivity contribution in [2.24, 2.45) is 0 Å². The normalized spacial score (nSPS) is 11.9. The van der Waals surface area contributed by atoms with E-state index in [1.807, 2.05) is 12.1 Å². The first-order valence-electron chi connectivity index (χ1n) is 4.38. The Bertz CT molecular complexity index is 326. The summed E-state index contributed by atoms with van der Waals surface area (Å²) in [6.45, 7) is 1.65. The molecule has 0 aliphatic carbocycles. The van der Waals surface area contributed by atoms with E-state index in [1.165, 1.54) is 7.11 Å². The van der Waals surface area contributed by atoms with Gasteiger partial charge in [-0.1, -0.05) is 15.9 Å². The molecule has 0 fully saturated rings. The highest BCUT2D eigenvalue weighted by molar-refractivity contribution is 9.10. The molecule has 1 amide bonds. The lowest BCUT2D eigenvalue weighted by atomic mass is 10.3. The number of halogens is 1. The van der Waals surface area contributed by atoms with Gasteiger partial charge in [-0.3, -0.25) is 9.63 Å². The summed E-state index contributed by atoms with van der Waals surface area (Å²) in [5.41, 5.74) is 2.20. The Morgan fingerprint density at radius 2 is 2.00 bits per heavy atom. The third-order valence-corrected chi connectivity index (χ3v) is 2.23. The quantitative estimate of drug-likeness (QED) is 0.853. The highest BCUT2D eigenvalue weighted by Crippen LogP contribution is 2.17. The number of carbonyl (C=O) groups excluding carboxylic acids is 1. The fraction of sp³-hybridized carbons (Fsp3) is 0.300. The maximum atomic E-state index is 11.2. The Morgan fingerprint density at radius 1 is 1.40 bits per heavy atom. The van der Waals surface area contributed by atoms with E-state index in [2.05, 4.69) is 26.2 Å². The number of rotatable bonds is 4. The van der Waals surface area contributed by atoms with Crippen molar-refractivity contribution in [2.75, 3.05) is 7.11 Å². The van der Waals surface area contributed by atoms with E-state index in [9.17, 15) is 4.79 Å². The lowest BCUT2D eigenvalue weighted by Crippen LogP contribution is -2.35. The standard InChI is InChI=1S/C10H12BrNO3/c1-7(10(13)12-14-2)15-9-5-3-8(11)4-6-9/h3-7H,1-2H3,(H,12,13). The van der Waals surface area contributed by atoms with E-state index < -0.39 is 6.10 Å². The summed E-state index contributed by atoms with van der Waals surface area (Å²) in [5.74, 6) is 0.317. The van der Waals surface area contributed by atoms with Gasteiger partial charge in [0.05, 0.1) is 7.11 Å². The van der Waals surface area contributed by atoms with Gasteiger partial charge >= 0.3 is 0 Å². The molecule has 0 spiro atoms. The highest BCUT2D eigenvalue weighted by Gasteiger charge is 2.13. The predicted molar refractivity (Wildman–Crippen MR) is 59.4 cm³/mol. The molecule has 4 nitrogen and oxygen atoms in total. The van der Waals surface area contributed by atoms with Crippen molar-refractivity contribution in [3.8, 4) is 5.75 Å². The van der Waals surface area contributed by atoms with Gasteiger partial charge in [0.2, 0.25) is 0 Å². The molecule has 1 atom stereocenters. The van der Waals surface area contributed by atoms with Crippen LogP contribution in [0.15, 0.2) is 28.7 Å².